The van der Waals surface area contributed by atoms with Crippen molar-refractivity contribution >= 4 is 5.97 Å². The second-order valence-corrected chi connectivity index (χ2v) is 5.03. The lowest BCUT2D eigenvalue weighted by atomic mass is 10.2. The van der Waals surface area contributed by atoms with Crippen molar-refractivity contribution in [2.24, 2.45) is 0 Å². The molecular formula is C16H25NO4. The van der Waals surface area contributed by atoms with E-state index in [1.165, 1.54) is 7.11 Å². The summed E-state index contributed by atoms with van der Waals surface area (Å²) in [6.45, 7) is 9.04. The molecule has 1 rings (SSSR count). The minimum atomic E-state index is -0.672. The highest BCUT2D eigenvalue weighted by Crippen LogP contribution is 2.29. The number of rotatable bonds is 8. The van der Waals surface area contributed by atoms with E-state index in [9.17, 15) is 4.79 Å². The molecule has 1 N–H and O–H groups in total. The van der Waals surface area contributed by atoms with Gasteiger partial charge in [0.1, 0.15) is 0 Å². The summed E-state index contributed by atoms with van der Waals surface area (Å²) >= 11 is 0. The van der Waals surface area contributed by atoms with Crippen LogP contribution in [0.25, 0.3) is 0 Å². The third kappa shape index (κ3) is 5.63. The van der Waals surface area contributed by atoms with Gasteiger partial charge in [-0.3, -0.25) is 0 Å². The number of carbonyl (C=O) groups is 1. The largest absolute Gasteiger partial charge is 0.490 e. The zero-order valence-corrected chi connectivity index (χ0v) is 13.4. The maximum atomic E-state index is 11.4. The van der Waals surface area contributed by atoms with Crippen molar-refractivity contribution in [2.75, 3.05) is 13.7 Å². The highest BCUT2D eigenvalue weighted by atomic mass is 16.6. The van der Waals surface area contributed by atoms with E-state index in [4.69, 9.17) is 9.47 Å². The second kappa shape index (κ2) is 8.52. The summed E-state index contributed by atoms with van der Waals surface area (Å²) in [6, 6.07) is 6.12. The molecular weight excluding hydrogens is 270 g/mol. The molecule has 1 aromatic rings. The SMILES string of the molecule is CCOc1cc(CNC(C)C)ccc1OC(C)C(=O)OC. The highest BCUT2D eigenvalue weighted by molar-refractivity contribution is 5.74. The van der Waals surface area contributed by atoms with Crippen LogP contribution in [0, 0.1) is 0 Å². The molecule has 118 valence electrons. The van der Waals surface area contributed by atoms with Crippen molar-refractivity contribution in [3.05, 3.63) is 23.8 Å². The maximum absolute atomic E-state index is 11.4. The average Bonchev–Trinajstić information content (AvgIpc) is 2.46. The lowest BCUT2D eigenvalue weighted by molar-refractivity contribution is -0.147. The van der Waals surface area contributed by atoms with Crippen LogP contribution in [0.1, 0.15) is 33.3 Å². The number of hydrogen-bond donors (Lipinski definition) is 1. The summed E-state index contributed by atoms with van der Waals surface area (Å²) < 4.78 is 15.9. The highest BCUT2D eigenvalue weighted by Gasteiger charge is 2.17. The zero-order chi connectivity index (χ0) is 15.8. The molecule has 0 saturated heterocycles. The van der Waals surface area contributed by atoms with Crippen LogP contribution in [0.4, 0.5) is 0 Å². The lowest BCUT2D eigenvalue weighted by Gasteiger charge is -2.17. The standard InChI is InChI=1S/C16H25NO4/c1-6-20-15-9-13(10-17-11(2)3)7-8-14(15)21-12(4)16(18)19-5/h7-9,11-12,17H,6,10H2,1-5H3. The van der Waals surface area contributed by atoms with Crippen molar-refractivity contribution < 1.29 is 19.0 Å². The predicted molar refractivity (Wildman–Crippen MR) is 81.7 cm³/mol. The topological polar surface area (TPSA) is 56.8 Å². The first-order valence-corrected chi connectivity index (χ1v) is 7.21. The summed E-state index contributed by atoms with van der Waals surface area (Å²) in [7, 11) is 1.34. The summed E-state index contributed by atoms with van der Waals surface area (Å²) in [5, 5.41) is 3.35. The molecule has 0 aromatic heterocycles. The Kier molecular flexibility index (Phi) is 7.02. The normalized spacial score (nSPS) is 12.1. The van der Waals surface area contributed by atoms with E-state index in [-0.39, 0.29) is 0 Å². The zero-order valence-electron chi connectivity index (χ0n) is 13.4. The quantitative estimate of drug-likeness (QED) is 0.747. The summed E-state index contributed by atoms with van der Waals surface area (Å²) in [4.78, 5) is 11.4. The molecule has 0 aliphatic carbocycles. The van der Waals surface area contributed by atoms with Gasteiger partial charge in [-0.1, -0.05) is 19.9 Å². The van der Waals surface area contributed by atoms with E-state index in [0.717, 1.165) is 12.1 Å². The first-order chi connectivity index (χ1) is 9.97. The van der Waals surface area contributed by atoms with Crippen molar-refractivity contribution in [3.63, 3.8) is 0 Å². The van der Waals surface area contributed by atoms with Crippen LogP contribution in [0.5, 0.6) is 11.5 Å². The van der Waals surface area contributed by atoms with Gasteiger partial charge in [0, 0.05) is 12.6 Å². The van der Waals surface area contributed by atoms with E-state index in [1.54, 1.807) is 6.92 Å². The van der Waals surface area contributed by atoms with Crippen LogP contribution in [0.2, 0.25) is 0 Å². The average molecular weight is 295 g/mol. The predicted octanol–water partition coefficient (Wildman–Crippen LogP) is 2.52. The Hall–Kier alpha value is -1.75. The first kappa shape index (κ1) is 17.3. The summed E-state index contributed by atoms with van der Waals surface area (Å²) in [5.41, 5.74) is 1.10. The molecule has 0 aliphatic rings. The fourth-order valence-corrected chi connectivity index (χ4v) is 1.75. The van der Waals surface area contributed by atoms with Crippen LogP contribution in [-0.2, 0) is 16.1 Å². The minimum absolute atomic E-state index is 0.413. The molecule has 5 nitrogen and oxygen atoms in total. The molecule has 1 atom stereocenters. The van der Waals surface area contributed by atoms with Gasteiger partial charge in [0.25, 0.3) is 0 Å². The van der Waals surface area contributed by atoms with Gasteiger partial charge in [0.05, 0.1) is 13.7 Å². The molecule has 0 bridgehead atoms. The molecule has 0 amide bonds. The molecule has 1 unspecified atom stereocenters. The van der Waals surface area contributed by atoms with Crippen molar-refractivity contribution in [1.29, 1.82) is 0 Å². The Morgan fingerprint density at radius 3 is 2.52 bits per heavy atom. The Morgan fingerprint density at radius 2 is 1.95 bits per heavy atom. The van der Waals surface area contributed by atoms with Gasteiger partial charge in [-0.15, -0.1) is 0 Å². The third-order valence-electron chi connectivity index (χ3n) is 2.86. The van der Waals surface area contributed by atoms with Gasteiger partial charge in [0.2, 0.25) is 0 Å². The van der Waals surface area contributed by atoms with Crippen LogP contribution in [0.3, 0.4) is 0 Å². The molecule has 0 fully saturated rings. The Bertz CT molecular complexity index is 460. The number of benzene rings is 1. The van der Waals surface area contributed by atoms with Gasteiger partial charge in [-0.05, 0) is 31.5 Å². The van der Waals surface area contributed by atoms with Gasteiger partial charge in [-0.25, -0.2) is 4.79 Å². The number of esters is 1. The molecule has 0 aliphatic heterocycles. The van der Waals surface area contributed by atoms with Gasteiger partial charge >= 0.3 is 5.97 Å². The van der Waals surface area contributed by atoms with Crippen molar-refractivity contribution in [3.8, 4) is 11.5 Å². The van der Waals surface area contributed by atoms with E-state index in [2.05, 4.69) is 23.9 Å². The monoisotopic (exact) mass is 295 g/mol. The molecule has 0 spiro atoms. The number of carbonyl (C=O) groups excluding carboxylic acids is 1. The van der Waals surface area contributed by atoms with Gasteiger partial charge in [-0.2, -0.15) is 0 Å². The number of ether oxygens (including phenoxy) is 3. The third-order valence-corrected chi connectivity index (χ3v) is 2.86. The second-order valence-electron chi connectivity index (χ2n) is 5.03. The van der Waals surface area contributed by atoms with Crippen LogP contribution in [-0.4, -0.2) is 31.8 Å². The van der Waals surface area contributed by atoms with Crippen LogP contribution in [0.15, 0.2) is 18.2 Å². The summed E-state index contributed by atoms with van der Waals surface area (Å²) in [6.07, 6.45) is -0.672. The number of methoxy groups -OCH3 is 1. The minimum Gasteiger partial charge on any atom is -0.490 e. The van der Waals surface area contributed by atoms with Crippen LogP contribution < -0.4 is 14.8 Å². The molecule has 0 radical (unpaired) electrons. The van der Waals surface area contributed by atoms with Crippen LogP contribution >= 0.6 is 0 Å². The van der Waals surface area contributed by atoms with Gasteiger partial charge < -0.3 is 19.5 Å². The number of hydrogen-bond acceptors (Lipinski definition) is 5. The van der Waals surface area contributed by atoms with Crippen molar-refractivity contribution in [1.82, 2.24) is 5.32 Å². The fourth-order valence-electron chi connectivity index (χ4n) is 1.75. The first-order valence-electron chi connectivity index (χ1n) is 7.21. The molecule has 1 aromatic carbocycles. The van der Waals surface area contributed by atoms with Crippen molar-refractivity contribution in [2.45, 2.75) is 46.4 Å². The van der Waals surface area contributed by atoms with Gasteiger partial charge in [0.15, 0.2) is 17.6 Å². The Labute approximate surface area is 126 Å². The summed E-state index contributed by atoms with van der Waals surface area (Å²) in [5.74, 6) is 0.766. The Morgan fingerprint density at radius 1 is 1.24 bits per heavy atom. The molecule has 0 saturated carbocycles. The smallest absolute Gasteiger partial charge is 0.346 e. The van der Waals surface area contributed by atoms with E-state index in [0.29, 0.717) is 24.1 Å². The molecule has 0 heterocycles. The van der Waals surface area contributed by atoms with E-state index in [1.807, 2.05) is 25.1 Å². The Balaban J connectivity index is 2.85. The van der Waals surface area contributed by atoms with E-state index < -0.39 is 12.1 Å². The number of nitrogens with one attached hydrogen (secondary N) is 1. The molecule has 21 heavy (non-hydrogen) atoms. The molecule has 5 heteroatoms. The lowest BCUT2D eigenvalue weighted by Crippen LogP contribution is -2.25. The van der Waals surface area contributed by atoms with E-state index >= 15 is 0 Å². The fraction of sp³-hybridized carbons (Fsp3) is 0.562. The maximum Gasteiger partial charge on any atom is 0.346 e.